The highest BCUT2D eigenvalue weighted by molar-refractivity contribution is 5.74. The van der Waals surface area contributed by atoms with Crippen LogP contribution in [0, 0.1) is 13.8 Å². The Bertz CT molecular complexity index is 626. The molecule has 4 heteroatoms. The Morgan fingerprint density at radius 1 is 1.32 bits per heavy atom. The summed E-state index contributed by atoms with van der Waals surface area (Å²) in [4.78, 5) is 11.1. The number of benzene rings is 1. The lowest BCUT2D eigenvalue weighted by atomic mass is 9.82. The van der Waals surface area contributed by atoms with Gasteiger partial charge in [0.05, 0.1) is 11.4 Å². The number of aldehydes is 1. The summed E-state index contributed by atoms with van der Waals surface area (Å²) in [7, 11) is 0. The topological polar surface area (TPSA) is 47.8 Å². The van der Waals surface area contributed by atoms with Gasteiger partial charge < -0.3 is 0 Å². The third-order valence-corrected chi connectivity index (χ3v) is 3.92. The molecule has 1 heterocycles. The molecule has 4 nitrogen and oxygen atoms in total. The molecule has 0 amide bonds. The predicted molar refractivity (Wildman–Crippen MR) is 72.8 cm³/mol. The van der Waals surface area contributed by atoms with Gasteiger partial charge in [-0.15, -0.1) is 5.10 Å². The average Bonchev–Trinajstić information content (AvgIpc) is 2.71. The molecule has 2 aromatic rings. The van der Waals surface area contributed by atoms with E-state index in [2.05, 4.69) is 42.4 Å². The number of carbonyl (C=O) groups excluding carboxylic acids is 1. The van der Waals surface area contributed by atoms with Gasteiger partial charge in [-0.05, 0) is 38.3 Å². The van der Waals surface area contributed by atoms with Gasteiger partial charge in [-0.25, -0.2) is 4.68 Å². The van der Waals surface area contributed by atoms with Crippen LogP contribution in [0.5, 0.6) is 0 Å². The first-order valence-corrected chi connectivity index (χ1v) is 6.69. The van der Waals surface area contributed by atoms with E-state index in [4.69, 9.17) is 0 Å². The zero-order valence-corrected chi connectivity index (χ0v) is 11.3. The third kappa shape index (κ3) is 1.97. The minimum atomic E-state index is 0.427. The zero-order chi connectivity index (χ0) is 13.4. The van der Waals surface area contributed by atoms with Crippen LogP contribution in [0.15, 0.2) is 18.2 Å². The second kappa shape index (κ2) is 4.61. The van der Waals surface area contributed by atoms with Crippen molar-refractivity contribution in [3.05, 3.63) is 40.7 Å². The zero-order valence-electron chi connectivity index (χ0n) is 11.3. The maximum Gasteiger partial charge on any atom is 0.172 e. The van der Waals surface area contributed by atoms with Crippen LogP contribution in [0.1, 0.15) is 52.5 Å². The van der Waals surface area contributed by atoms with Gasteiger partial charge in [-0.2, -0.15) is 0 Å². The first kappa shape index (κ1) is 12.1. The van der Waals surface area contributed by atoms with Gasteiger partial charge in [0, 0.05) is 5.92 Å². The molecule has 1 saturated carbocycles. The molecule has 0 saturated heterocycles. The molecule has 1 aromatic carbocycles. The first-order chi connectivity index (χ1) is 9.20. The molecule has 1 aromatic heterocycles. The molecular weight excluding hydrogens is 238 g/mol. The molecule has 1 fully saturated rings. The summed E-state index contributed by atoms with van der Waals surface area (Å²) in [6.45, 7) is 4.14. The van der Waals surface area contributed by atoms with E-state index in [-0.39, 0.29) is 0 Å². The minimum absolute atomic E-state index is 0.427. The fourth-order valence-electron chi connectivity index (χ4n) is 2.67. The molecule has 0 aliphatic heterocycles. The Hall–Kier alpha value is -1.97. The maximum absolute atomic E-state index is 11.1. The van der Waals surface area contributed by atoms with Crippen molar-refractivity contribution < 1.29 is 4.79 Å². The Kier molecular flexibility index (Phi) is 2.93. The van der Waals surface area contributed by atoms with Gasteiger partial charge in [-0.1, -0.05) is 29.3 Å². The fourth-order valence-corrected chi connectivity index (χ4v) is 2.67. The van der Waals surface area contributed by atoms with Gasteiger partial charge in [0.1, 0.15) is 5.69 Å². The summed E-state index contributed by atoms with van der Waals surface area (Å²) >= 11 is 0. The van der Waals surface area contributed by atoms with Gasteiger partial charge in [0.25, 0.3) is 0 Å². The summed E-state index contributed by atoms with van der Waals surface area (Å²) in [5, 5.41) is 8.21. The second-order valence-electron chi connectivity index (χ2n) is 5.31. The fraction of sp³-hybridized carbons (Fsp3) is 0.400. The lowest BCUT2D eigenvalue weighted by molar-refractivity contribution is 0.111. The van der Waals surface area contributed by atoms with Crippen molar-refractivity contribution in [1.82, 2.24) is 15.0 Å². The Balaban J connectivity index is 2.13. The minimum Gasteiger partial charge on any atom is -0.296 e. The largest absolute Gasteiger partial charge is 0.296 e. The number of aromatic nitrogens is 3. The SMILES string of the molecule is Cc1ccc(-n2nnc(C=O)c2C2CCC2)c(C)c1. The number of aryl methyl sites for hydroxylation is 2. The molecule has 0 unspecified atom stereocenters. The van der Waals surface area contributed by atoms with E-state index in [1.54, 1.807) is 0 Å². The van der Waals surface area contributed by atoms with Crippen molar-refractivity contribution in [3.8, 4) is 5.69 Å². The van der Waals surface area contributed by atoms with Crippen LogP contribution in [-0.2, 0) is 0 Å². The summed E-state index contributed by atoms with van der Waals surface area (Å²) in [5.74, 6) is 0.427. The Morgan fingerprint density at radius 3 is 2.68 bits per heavy atom. The van der Waals surface area contributed by atoms with Crippen molar-refractivity contribution in [2.75, 3.05) is 0 Å². The predicted octanol–water partition coefficient (Wildman–Crippen LogP) is 2.96. The molecule has 19 heavy (non-hydrogen) atoms. The summed E-state index contributed by atoms with van der Waals surface area (Å²) in [6, 6.07) is 6.24. The van der Waals surface area contributed by atoms with Crippen molar-refractivity contribution in [2.24, 2.45) is 0 Å². The number of rotatable bonds is 3. The molecule has 1 aliphatic carbocycles. The number of carbonyl (C=O) groups is 1. The number of hydrogen-bond donors (Lipinski definition) is 0. The van der Waals surface area contributed by atoms with E-state index in [1.165, 1.54) is 12.0 Å². The molecule has 1 aliphatic rings. The molecule has 3 rings (SSSR count). The Morgan fingerprint density at radius 2 is 2.11 bits per heavy atom. The van der Waals surface area contributed by atoms with Crippen LogP contribution in [0.3, 0.4) is 0 Å². The van der Waals surface area contributed by atoms with Crippen LogP contribution >= 0.6 is 0 Å². The van der Waals surface area contributed by atoms with Crippen molar-refractivity contribution >= 4 is 6.29 Å². The van der Waals surface area contributed by atoms with Gasteiger partial charge in [0.15, 0.2) is 6.29 Å². The van der Waals surface area contributed by atoms with E-state index >= 15 is 0 Å². The van der Waals surface area contributed by atoms with Gasteiger partial charge >= 0.3 is 0 Å². The smallest absolute Gasteiger partial charge is 0.172 e. The van der Waals surface area contributed by atoms with Crippen LogP contribution < -0.4 is 0 Å². The number of nitrogens with zero attached hydrogens (tertiary/aromatic N) is 3. The van der Waals surface area contributed by atoms with Crippen molar-refractivity contribution in [2.45, 2.75) is 39.0 Å². The molecule has 0 N–H and O–H groups in total. The highest BCUT2D eigenvalue weighted by Crippen LogP contribution is 2.38. The van der Waals surface area contributed by atoms with Gasteiger partial charge in [-0.3, -0.25) is 4.79 Å². The van der Waals surface area contributed by atoms with Crippen molar-refractivity contribution in [1.29, 1.82) is 0 Å². The third-order valence-electron chi connectivity index (χ3n) is 3.92. The first-order valence-electron chi connectivity index (χ1n) is 6.69. The number of hydrogen-bond acceptors (Lipinski definition) is 3. The molecule has 0 radical (unpaired) electrons. The quantitative estimate of drug-likeness (QED) is 0.792. The van der Waals surface area contributed by atoms with E-state index in [0.717, 1.165) is 36.1 Å². The molecular formula is C15H17N3O. The normalized spacial score (nSPS) is 15.3. The Labute approximate surface area is 112 Å². The standard InChI is InChI=1S/C15H17N3O/c1-10-6-7-14(11(2)8-10)18-15(12-4-3-5-12)13(9-19)16-17-18/h6-9,12H,3-5H2,1-2H3. The summed E-state index contributed by atoms with van der Waals surface area (Å²) in [5.41, 5.74) is 4.87. The van der Waals surface area contributed by atoms with Crippen LogP contribution in [0.2, 0.25) is 0 Å². The van der Waals surface area contributed by atoms with E-state index in [9.17, 15) is 4.79 Å². The second-order valence-corrected chi connectivity index (χ2v) is 5.31. The van der Waals surface area contributed by atoms with Crippen LogP contribution in [0.25, 0.3) is 5.69 Å². The van der Waals surface area contributed by atoms with Crippen molar-refractivity contribution in [3.63, 3.8) is 0 Å². The van der Waals surface area contributed by atoms with Crippen LogP contribution in [-0.4, -0.2) is 21.3 Å². The lowest BCUT2D eigenvalue weighted by Crippen LogP contribution is -2.16. The highest BCUT2D eigenvalue weighted by atomic mass is 16.1. The molecule has 0 atom stereocenters. The highest BCUT2D eigenvalue weighted by Gasteiger charge is 2.28. The summed E-state index contributed by atoms with van der Waals surface area (Å²) in [6.07, 6.45) is 4.29. The maximum atomic E-state index is 11.1. The summed E-state index contributed by atoms with van der Waals surface area (Å²) < 4.78 is 1.85. The van der Waals surface area contributed by atoms with E-state index in [0.29, 0.717) is 11.6 Å². The van der Waals surface area contributed by atoms with E-state index in [1.807, 2.05) is 4.68 Å². The lowest BCUT2D eigenvalue weighted by Gasteiger charge is -2.26. The molecule has 0 spiro atoms. The monoisotopic (exact) mass is 255 g/mol. The molecule has 0 bridgehead atoms. The van der Waals surface area contributed by atoms with E-state index < -0.39 is 0 Å². The molecule has 98 valence electrons. The van der Waals surface area contributed by atoms with Crippen LogP contribution in [0.4, 0.5) is 0 Å². The van der Waals surface area contributed by atoms with Gasteiger partial charge in [0.2, 0.25) is 0 Å². The average molecular weight is 255 g/mol.